The Hall–Kier alpha value is -0.580. The summed E-state index contributed by atoms with van der Waals surface area (Å²) >= 11 is 9.41. The Balaban J connectivity index is 1.74. The first-order valence-electron chi connectivity index (χ1n) is 6.63. The number of carbonyl (C=O) groups excluding carboxylic acids is 1. The van der Waals surface area contributed by atoms with E-state index in [2.05, 4.69) is 20.8 Å². The van der Waals surface area contributed by atoms with Gasteiger partial charge in [0.2, 0.25) is 0 Å². The highest BCUT2D eigenvalue weighted by Crippen LogP contribution is 2.26. The molecule has 0 saturated carbocycles. The minimum absolute atomic E-state index is 0.0981. The SMILES string of the molecule is O=C(c1ccc(Br)c(Cl)c1)N1CCN2CCCC2C1. The number of carbonyl (C=O) groups is 1. The van der Waals surface area contributed by atoms with Crippen LogP contribution in [0, 0.1) is 0 Å². The Morgan fingerprint density at radius 1 is 1.32 bits per heavy atom. The fourth-order valence-electron chi connectivity index (χ4n) is 2.99. The van der Waals surface area contributed by atoms with Crippen LogP contribution in [-0.4, -0.2) is 47.9 Å². The third kappa shape index (κ3) is 2.67. The average Bonchev–Trinajstić information content (AvgIpc) is 2.88. The van der Waals surface area contributed by atoms with E-state index in [0.29, 0.717) is 16.6 Å². The molecule has 1 unspecified atom stereocenters. The molecule has 0 bridgehead atoms. The van der Waals surface area contributed by atoms with Gasteiger partial charge in [-0.3, -0.25) is 9.69 Å². The van der Waals surface area contributed by atoms with E-state index in [1.54, 1.807) is 6.07 Å². The molecule has 1 amide bonds. The lowest BCUT2D eigenvalue weighted by molar-refractivity contribution is 0.0571. The van der Waals surface area contributed by atoms with Gasteiger partial charge in [-0.2, -0.15) is 0 Å². The molecule has 5 heteroatoms. The van der Waals surface area contributed by atoms with Crippen molar-refractivity contribution in [2.75, 3.05) is 26.2 Å². The van der Waals surface area contributed by atoms with Crippen LogP contribution >= 0.6 is 27.5 Å². The predicted octanol–water partition coefficient (Wildman–Crippen LogP) is 3.02. The normalized spacial score (nSPS) is 23.5. The van der Waals surface area contributed by atoms with Gasteiger partial charge in [0.15, 0.2) is 0 Å². The van der Waals surface area contributed by atoms with Gasteiger partial charge in [-0.15, -0.1) is 0 Å². The first kappa shape index (κ1) is 13.4. The van der Waals surface area contributed by atoms with Gasteiger partial charge in [0.05, 0.1) is 5.02 Å². The molecule has 0 aliphatic carbocycles. The fourth-order valence-corrected chi connectivity index (χ4v) is 3.41. The summed E-state index contributed by atoms with van der Waals surface area (Å²) in [6, 6.07) is 5.97. The predicted molar refractivity (Wildman–Crippen MR) is 79.7 cm³/mol. The van der Waals surface area contributed by atoms with Crippen LogP contribution in [0.5, 0.6) is 0 Å². The number of rotatable bonds is 1. The highest BCUT2D eigenvalue weighted by Gasteiger charge is 2.32. The van der Waals surface area contributed by atoms with Crippen molar-refractivity contribution in [1.82, 2.24) is 9.80 Å². The zero-order valence-electron chi connectivity index (χ0n) is 10.6. The van der Waals surface area contributed by atoms with E-state index in [9.17, 15) is 4.79 Å². The number of amides is 1. The largest absolute Gasteiger partial charge is 0.336 e. The molecule has 19 heavy (non-hydrogen) atoms. The van der Waals surface area contributed by atoms with Gasteiger partial charge < -0.3 is 4.90 Å². The van der Waals surface area contributed by atoms with Crippen LogP contribution in [0.3, 0.4) is 0 Å². The molecule has 1 aromatic carbocycles. The highest BCUT2D eigenvalue weighted by atomic mass is 79.9. The lowest BCUT2D eigenvalue weighted by Crippen LogP contribution is -2.52. The first-order valence-corrected chi connectivity index (χ1v) is 7.80. The van der Waals surface area contributed by atoms with E-state index in [1.807, 2.05) is 17.0 Å². The van der Waals surface area contributed by atoms with Crippen molar-refractivity contribution in [3.05, 3.63) is 33.3 Å². The minimum Gasteiger partial charge on any atom is -0.336 e. The molecule has 2 aliphatic rings. The third-order valence-corrected chi connectivity index (χ3v) is 5.27. The maximum Gasteiger partial charge on any atom is 0.254 e. The molecule has 2 aliphatic heterocycles. The number of halogens is 2. The topological polar surface area (TPSA) is 23.6 Å². The van der Waals surface area contributed by atoms with Gasteiger partial charge >= 0.3 is 0 Å². The summed E-state index contributed by atoms with van der Waals surface area (Å²) in [6.07, 6.45) is 2.47. The van der Waals surface area contributed by atoms with Crippen LogP contribution in [0.25, 0.3) is 0 Å². The molecule has 2 saturated heterocycles. The van der Waals surface area contributed by atoms with Gasteiger partial charge in [-0.05, 0) is 53.5 Å². The van der Waals surface area contributed by atoms with Gasteiger partial charge in [0.1, 0.15) is 0 Å². The van der Waals surface area contributed by atoms with Crippen LogP contribution in [0.4, 0.5) is 0 Å². The number of hydrogen-bond donors (Lipinski definition) is 0. The molecule has 0 radical (unpaired) electrons. The maximum atomic E-state index is 12.5. The summed E-state index contributed by atoms with van der Waals surface area (Å²) in [4.78, 5) is 16.9. The second-order valence-electron chi connectivity index (χ2n) is 5.21. The standard InChI is InChI=1S/C14H16BrClN2O/c15-12-4-3-10(8-13(12)16)14(19)18-7-6-17-5-1-2-11(17)9-18/h3-4,8,11H,1-2,5-7,9H2. The van der Waals surface area contributed by atoms with E-state index in [0.717, 1.165) is 24.1 Å². The maximum absolute atomic E-state index is 12.5. The van der Waals surface area contributed by atoms with Crippen molar-refractivity contribution in [2.45, 2.75) is 18.9 Å². The highest BCUT2D eigenvalue weighted by molar-refractivity contribution is 9.10. The molecule has 0 aromatic heterocycles. The number of benzene rings is 1. The molecule has 1 aromatic rings. The quantitative estimate of drug-likeness (QED) is 0.782. The van der Waals surface area contributed by atoms with Gasteiger partial charge in [0.25, 0.3) is 5.91 Å². The Kier molecular flexibility index (Phi) is 3.83. The molecular formula is C14H16BrClN2O. The minimum atomic E-state index is 0.0981. The Morgan fingerprint density at radius 3 is 2.95 bits per heavy atom. The van der Waals surface area contributed by atoms with Crippen molar-refractivity contribution in [3.8, 4) is 0 Å². The van der Waals surface area contributed by atoms with E-state index in [-0.39, 0.29) is 5.91 Å². The molecule has 102 valence electrons. The van der Waals surface area contributed by atoms with Crippen molar-refractivity contribution in [2.24, 2.45) is 0 Å². The van der Waals surface area contributed by atoms with Crippen LogP contribution < -0.4 is 0 Å². The van der Waals surface area contributed by atoms with Gasteiger partial charge in [0, 0.05) is 35.7 Å². The zero-order chi connectivity index (χ0) is 13.4. The smallest absolute Gasteiger partial charge is 0.254 e. The summed E-state index contributed by atoms with van der Waals surface area (Å²) in [5.74, 6) is 0.0981. The summed E-state index contributed by atoms with van der Waals surface area (Å²) in [6.45, 7) is 3.87. The molecule has 3 rings (SSSR count). The molecule has 0 spiro atoms. The lowest BCUT2D eigenvalue weighted by Gasteiger charge is -2.37. The van der Waals surface area contributed by atoms with E-state index < -0.39 is 0 Å². The van der Waals surface area contributed by atoms with Crippen molar-refractivity contribution < 1.29 is 4.79 Å². The van der Waals surface area contributed by atoms with Crippen LogP contribution in [0.1, 0.15) is 23.2 Å². The number of piperazine rings is 1. The molecular weight excluding hydrogens is 328 g/mol. The zero-order valence-corrected chi connectivity index (χ0v) is 13.0. The van der Waals surface area contributed by atoms with Crippen LogP contribution in [-0.2, 0) is 0 Å². The van der Waals surface area contributed by atoms with Gasteiger partial charge in [-0.1, -0.05) is 11.6 Å². The number of fused-ring (bicyclic) bond motifs is 1. The summed E-state index contributed by atoms with van der Waals surface area (Å²) in [5, 5.41) is 0.588. The van der Waals surface area contributed by atoms with Crippen molar-refractivity contribution >= 4 is 33.4 Å². The monoisotopic (exact) mass is 342 g/mol. The van der Waals surface area contributed by atoms with Gasteiger partial charge in [-0.25, -0.2) is 0 Å². The molecule has 3 nitrogen and oxygen atoms in total. The van der Waals surface area contributed by atoms with Crippen molar-refractivity contribution in [1.29, 1.82) is 0 Å². The average molecular weight is 344 g/mol. The number of nitrogens with zero attached hydrogens (tertiary/aromatic N) is 2. The van der Waals surface area contributed by atoms with E-state index in [4.69, 9.17) is 11.6 Å². The molecule has 0 N–H and O–H groups in total. The summed E-state index contributed by atoms with van der Waals surface area (Å²) in [7, 11) is 0. The Bertz CT molecular complexity index is 508. The second kappa shape index (κ2) is 5.43. The molecule has 1 atom stereocenters. The first-order chi connectivity index (χ1) is 9.15. The van der Waals surface area contributed by atoms with E-state index in [1.165, 1.54) is 19.4 Å². The van der Waals surface area contributed by atoms with Crippen LogP contribution in [0.2, 0.25) is 5.02 Å². The summed E-state index contributed by atoms with van der Waals surface area (Å²) < 4.78 is 0.825. The van der Waals surface area contributed by atoms with Crippen LogP contribution in [0.15, 0.2) is 22.7 Å². The number of hydrogen-bond acceptors (Lipinski definition) is 2. The molecule has 2 fully saturated rings. The lowest BCUT2D eigenvalue weighted by atomic mass is 10.1. The Morgan fingerprint density at radius 2 is 2.16 bits per heavy atom. The van der Waals surface area contributed by atoms with Crippen molar-refractivity contribution in [3.63, 3.8) is 0 Å². The van der Waals surface area contributed by atoms with E-state index >= 15 is 0 Å². The third-order valence-electron chi connectivity index (χ3n) is 4.04. The molecule has 2 heterocycles. The Labute approximate surface area is 126 Å². The second-order valence-corrected chi connectivity index (χ2v) is 6.47. The summed E-state index contributed by atoms with van der Waals surface area (Å²) in [5.41, 5.74) is 0.680. The fraction of sp³-hybridized carbons (Fsp3) is 0.500.